The molecular weight excluding hydrogens is 368 g/mol. The molecule has 0 atom stereocenters. The van der Waals surface area contributed by atoms with Crippen molar-refractivity contribution in [3.8, 4) is 11.1 Å². The fourth-order valence-corrected chi connectivity index (χ4v) is 6.91. The van der Waals surface area contributed by atoms with Crippen LogP contribution in [0.4, 0.5) is 0 Å². The number of halogens is 1. The molecule has 0 radical (unpaired) electrons. The third-order valence-corrected chi connectivity index (χ3v) is 8.03. The first-order valence-corrected chi connectivity index (χ1v) is 10.9. The molecule has 0 nitrogen and oxygen atoms in total. The largest absolute Gasteiger partial charge is 0.0654 e. The van der Waals surface area contributed by atoms with Gasteiger partial charge in [-0.3, -0.25) is 0 Å². The molecule has 2 aromatic carbocycles. The topological polar surface area (TPSA) is 0 Å². The molecule has 2 saturated carbocycles. The van der Waals surface area contributed by atoms with Crippen molar-refractivity contribution in [3.63, 3.8) is 0 Å². The highest BCUT2D eigenvalue weighted by atomic mass is 79.9. The maximum atomic E-state index is 3.76. The second-order valence-electron chi connectivity index (χ2n) is 8.54. The highest BCUT2D eigenvalue weighted by molar-refractivity contribution is 9.10. The highest BCUT2D eigenvalue weighted by Crippen LogP contribution is 2.69. The minimum absolute atomic E-state index is 0.405. The second kappa shape index (κ2) is 5.71. The van der Waals surface area contributed by atoms with Gasteiger partial charge in [-0.25, -0.2) is 0 Å². The number of hydrogen-bond acceptors (Lipinski definition) is 0. The molecule has 2 aromatic rings. The van der Waals surface area contributed by atoms with Crippen molar-refractivity contribution in [2.24, 2.45) is 0 Å². The number of benzene rings is 2. The van der Waals surface area contributed by atoms with Gasteiger partial charge >= 0.3 is 0 Å². The van der Waals surface area contributed by atoms with E-state index in [1.54, 1.807) is 16.7 Å². The van der Waals surface area contributed by atoms with Crippen LogP contribution >= 0.6 is 15.9 Å². The Kier molecular flexibility index (Phi) is 3.68. The van der Waals surface area contributed by atoms with Gasteiger partial charge in [0.15, 0.2) is 0 Å². The monoisotopic (exact) mass is 394 g/mol. The molecule has 0 spiro atoms. The quantitative estimate of drug-likeness (QED) is 0.511. The molecule has 1 heteroatoms. The summed E-state index contributed by atoms with van der Waals surface area (Å²) in [5.41, 5.74) is 8.77. The van der Waals surface area contributed by atoms with Crippen molar-refractivity contribution in [3.05, 3.63) is 57.6 Å². The minimum atomic E-state index is 0.405. The summed E-state index contributed by atoms with van der Waals surface area (Å²) < 4.78 is 1.25. The molecule has 5 rings (SSSR count). The predicted octanol–water partition coefficient (Wildman–Crippen LogP) is 7.32. The highest BCUT2D eigenvalue weighted by Gasteiger charge is 2.62. The van der Waals surface area contributed by atoms with Gasteiger partial charge in [-0.1, -0.05) is 66.4 Å². The lowest BCUT2D eigenvalue weighted by molar-refractivity contribution is 0.298. The number of rotatable bonds is 3. The lowest BCUT2D eigenvalue weighted by atomic mass is 9.55. The molecule has 3 aliphatic rings. The molecule has 0 unspecified atom stereocenters. The first kappa shape index (κ1) is 16.1. The molecule has 0 N–H and O–H groups in total. The van der Waals surface area contributed by atoms with Crippen LogP contribution in [0.5, 0.6) is 0 Å². The predicted molar refractivity (Wildman–Crippen MR) is 109 cm³/mol. The zero-order valence-corrected chi connectivity index (χ0v) is 16.8. The van der Waals surface area contributed by atoms with Crippen molar-refractivity contribution in [2.75, 3.05) is 0 Å². The molecule has 0 saturated heterocycles. The third-order valence-electron chi connectivity index (χ3n) is 7.54. The average molecular weight is 395 g/mol. The van der Waals surface area contributed by atoms with Crippen LogP contribution in [0.1, 0.15) is 75.0 Å². The van der Waals surface area contributed by atoms with Crippen LogP contribution in [0.15, 0.2) is 40.9 Å². The number of unbranched alkanes of at least 4 members (excludes halogenated alkanes) is 1. The molecular formula is C24H27Br. The number of fused-ring (bicyclic) bond motifs is 3. The third kappa shape index (κ3) is 2.05. The van der Waals surface area contributed by atoms with Crippen LogP contribution in [0.2, 0.25) is 0 Å². The van der Waals surface area contributed by atoms with Gasteiger partial charge in [-0.15, -0.1) is 0 Å². The summed E-state index contributed by atoms with van der Waals surface area (Å²) in [6.45, 7) is 2.30. The van der Waals surface area contributed by atoms with E-state index in [4.69, 9.17) is 0 Å². The van der Waals surface area contributed by atoms with Gasteiger partial charge in [-0.2, -0.15) is 0 Å². The SMILES string of the molecule is CCCCc1ccc2c(c1)C13CCCC1(CCC3)c1cc(Br)ccc1-2. The lowest BCUT2D eigenvalue weighted by Gasteiger charge is -2.48. The van der Waals surface area contributed by atoms with Gasteiger partial charge in [-0.05, 0) is 78.5 Å². The van der Waals surface area contributed by atoms with E-state index in [1.165, 1.54) is 73.4 Å². The van der Waals surface area contributed by atoms with Crippen molar-refractivity contribution < 1.29 is 0 Å². The van der Waals surface area contributed by atoms with E-state index in [1.807, 2.05) is 0 Å². The van der Waals surface area contributed by atoms with Crippen molar-refractivity contribution in [1.82, 2.24) is 0 Å². The Morgan fingerprint density at radius 3 is 2.08 bits per heavy atom. The Morgan fingerprint density at radius 2 is 1.44 bits per heavy atom. The molecule has 3 aliphatic carbocycles. The van der Waals surface area contributed by atoms with Gasteiger partial charge in [0, 0.05) is 15.3 Å². The van der Waals surface area contributed by atoms with Crippen molar-refractivity contribution >= 4 is 15.9 Å². The Hall–Kier alpha value is -1.08. The standard InChI is InChI=1S/C24H27Br/c1-2-3-6-17-7-9-19-20-10-8-18(25)16-22(20)24-13-4-11-23(24,12-5-14-24)21(19)15-17/h7-10,15-16H,2-6,11-14H2,1H3. The van der Waals surface area contributed by atoms with Gasteiger partial charge in [0.25, 0.3) is 0 Å². The van der Waals surface area contributed by atoms with E-state index in [-0.39, 0.29) is 0 Å². The van der Waals surface area contributed by atoms with E-state index in [0.29, 0.717) is 10.8 Å². The van der Waals surface area contributed by atoms with Crippen LogP contribution in [0.3, 0.4) is 0 Å². The van der Waals surface area contributed by atoms with Crippen molar-refractivity contribution in [1.29, 1.82) is 0 Å². The van der Waals surface area contributed by atoms with E-state index < -0.39 is 0 Å². The molecule has 0 bridgehead atoms. The van der Waals surface area contributed by atoms with Gasteiger partial charge in [0.1, 0.15) is 0 Å². The fourth-order valence-electron chi connectivity index (χ4n) is 6.55. The Bertz CT molecular complexity index is 822. The molecule has 0 aromatic heterocycles. The van der Waals surface area contributed by atoms with Gasteiger partial charge in [0.05, 0.1) is 0 Å². The summed E-state index contributed by atoms with van der Waals surface area (Å²) in [5.74, 6) is 0. The number of hydrogen-bond donors (Lipinski definition) is 0. The summed E-state index contributed by atoms with van der Waals surface area (Å²) in [6.07, 6.45) is 12.2. The maximum absolute atomic E-state index is 3.76. The Balaban J connectivity index is 1.78. The first-order chi connectivity index (χ1) is 12.2. The van der Waals surface area contributed by atoms with Crippen LogP contribution in [-0.2, 0) is 17.3 Å². The summed E-state index contributed by atoms with van der Waals surface area (Å²) >= 11 is 3.76. The maximum Gasteiger partial charge on any atom is 0.0178 e. The summed E-state index contributed by atoms with van der Waals surface area (Å²) in [6, 6.07) is 14.5. The normalized spacial score (nSPS) is 29.0. The van der Waals surface area contributed by atoms with E-state index in [9.17, 15) is 0 Å². The zero-order chi connectivity index (χ0) is 17.1. The Labute approximate surface area is 160 Å². The summed E-state index contributed by atoms with van der Waals surface area (Å²) in [7, 11) is 0. The molecule has 25 heavy (non-hydrogen) atoms. The Morgan fingerprint density at radius 1 is 0.840 bits per heavy atom. The van der Waals surface area contributed by atoms with E-state index >= 15 is 0 Å². The summed E-state index contributed by atoms with van der Waals surface area (Å²) in [4.78, 5) is 0. The average Bonchev–Trinajstić information content (AvgIpc) is 3.17. The smallest absolute Gasteiger partial charge is 0.0178 e. The van der Waals surface area contributed by atoms with Gasteiger partial charge < -0.3 is 0 Å². The minimum Gasteiger partial charge on any atom is -0.0654 e. The molecule has 0 aliphatic heterocycles. The van der Waals surface area contributed by atoms with Crippen molar-refractivity contribution in [2.45, 2.75) is 75.5 Å². The molecule has 0 amide bonds. The van der Waals surface area contributed by atoms with Crippen LogP contribution in [-0.4, -0.2) is 0 Å². The fraction of sp³-hybridized carbons (Fsp3) is 0.500. The molecule has 0 heterocycles. The molecule has 130 valence electrons. The van der Waals surface area contributed by atoms with Crippen LogP contribution in [0, 0.1) is 0 Å². The lowest BCUT2D eigenvalue weighted by Crippen LogP contribution is -2.43. The van der Waals surface area contributed by atoms with E-state index in [2.05, 4.69) is 59.3 Å². The van der Waals surface area contributed by atoms with Gasteiger partial charge in [0.2, 0.25) is 0 Å². The van der Waals surface area contributed by atoms with Crippen LogP contribution in [0.25, 0.3) is 11.1 Å². The zero-order valence-electron chi connectivity index (χ0n) is 15.2. The second-order valence-corrected chi connectivity index (χ2v) is 9.46. The van der Waals surface area contributed by atoms with E-state index in [0.717, 1.165) is 0 Å². The molecule has 2 fully saturated rings. The first-order valence-electron chi connectivity index (χ1n) is 10.1. The number of aryl methyl sites for hydroxylation is 1. The summed E-state index contributed by atoms with van der Waals surface area (Å²) in [5, 5.41) is 0. The van der Waals surface area contributed by atoms with Crippen LogP contribution < -0.4 is 0 Å².